The predicted molar refractivity (Wildman–Crippen MR) is 98.6 cm³/mol. The Kier molecular flexibility index (Phi) is 7.68. The lowest BCUT2D eigenvalue weighted by Gasteiger charge is -2.12. The van der Waals surface area contributed by atoms with Crippen molar-refractivity contribution in [2.45, 2.75) is 43.9 Å². The lowest BCUT2D eigenvalue weighted by molar-refractivity contribution is 0.102. The Balaban J connectivity index is 0.00000264. The van der Waals surface area contributed by atoms with E-state index in [4.69, 9.17) is 10.2 Å². The lowest BCUT2D eigenvalue weighted by atomic mass is 10.2. The van der Waals surface area contributed by atoms with Gasteiger partial charge in [0.15, 0.2) is 0 Å². The zero-order valence-electron chi connectivity index (χ0n) is 13.6. The zero-order chi connectivity index (χ0) is 16.1. The molecule has 6 heteroatoms. The van der Waals surface area contributed by atoms with Crippen LogP contribution in [0.4, 0.5) is 5.69 Å². The Labute approximate surface area is 147 Å². The van der Waals surface area contributed by atoms with Crippen LogP contribution in [-0.2, 0) is 6.54 Å². The summed E-state index contributed by atoms with van der Waals surface area (Å²) in [5.41, 5.74) is 7.82. The number of nitrogens with one attached hydrogen (secondary N) is 1. The minimum absolute atomic E-state index is 0. The molecule has 0 bridgehead atoms. The zero-order valence-corrected chi connectivity index (χ0v) is 15.2. The first-order valence-electron chi connectivity index (χ1n) is 7.39. The van der Waals surface area contributed by atoms with Gasteiger partial charge in [0.05, 0.1) is 12.1 Å². The van der Waals surface area contributed by atoms with Crippen molar-refractivity contribution < 1.29 is 9.21 Å². The third kappa shape index (κ3) is 5.30. The molecular formula is C17H23ClN2O2S. The number of hydrogen-bond donors (Lipinski definition) is 2. The van der Waals surface area contributed by atoms with Gasteiger partial charge in [-0.05, 0) is 43.2 Å². The fourth-order valence-electron chi connectivity index (χ4n) is 1.97. The average molecular weight is 355 g/mol. The second kappa shape index (κ2) is 9.01. The molecule has 1 unspecified atom stereocenters. The number of anilines is 1. The summed E-state index contributed by atoms with van der Waals surface area (Å²) in [6.45, 7) is 6.67. The molecule has 0 fully saturated rings. The number of nitrogens with two attached hydrogens (primary N) is 1. The highest BCUT2D eigenvalue weighted by Crippen LogP contribution is 2.28. The summed E-state index contributed by atoms with van der Waals surface area (Å²) in [5, 5.41) is 3.49. The summed E-state index contributed by atoms with van der Waals surface area (Å²) in [7, 11) is 0. The van der Waals surface area contributed by atoms with Gasteiger partial charge < -0.3 is 15.5 Å². The van der Waals surface area contributed by atoms with Crippen LogP contribution in [0, 0.1) is 6.92 Å². The standard InChI is InChI=1S/C17H22N2O2S.ClH/c1-4-12(3)22-15-5-6-16(11(2)7-15)19-17(20)13-8-14(9-18)21-10-13;/h5-8,10,12H,4,9,18H2,1-3H3,(H,19,20);1H. The summed E-state index contributed by atoms with van der Waals surface area (Å²) in [6, 6.07) is 7.76. The number of hydrogen-bond acceptors (Lipinski definition) is 4. The van der Waals surface area contributed by atoms with Gasteiger partial charge in [-0.1, -0.05) is 13.8 Å². The van der Waals surface area contributed by atoms with E-state index < -0.39 is 0 Å². The monoisotopic (exact) mass is 354 g/mol. The Morgan fingerprint density at radius 3 is 2.70 bits per heavy atom. The van der Waals surface area contributed by atoms with Crippen molar-refractivity contribution in [3.05, 3.63) is 47.4 Å². The number of amides is 1. The van der Waals surface area contributed by atoms with Gasteiger partial charge in [0.1, 0.15) is 12.0 Å². The molecule has 23 heavy (non-hydrogen) atoms. The Morgan fingerprint density at radius 2 is 2.13 bits per heavy atom. The Bertz CT molecular complexity index is 658. The number of benzene rings is 1. The van der Waals surface area contributed by atoms with Crippen molar-refractivity contribution in [1.82, 2.24) is 0 Å². The summed E-state index contributed by atoms with van der Waals surface area (Å²) in [6.07, 6.45) is 2.56. The highest BCUT2D eigenvalue weighted by molar-refractivity contribution is 7.99. The van der Waals surface area contributed by atoms with Gasteiger partial charge in [-0.3, -0.25) is 4.79 Å². The highest BCUT2D eigenvalue weighted by atomic mass is 35.5. The summed E-state index contributed by atoms with van der Waals surface area (Å²) < 4.78 is 5.19. The molecule has 126 valence electrons. The second-order valence-corrected chi connectivity index (χ2v) is 6.79. The number of carbonyl (C=O) groups excluding carboxylic acids is 1. The molecule has 0 aliphatic heterocycles. The molecule has 0 saturated heterocycles. The number of furan rings is 1. The molecule has 1 aromatic carbocycles. The number of carbonyl (C=O) groups is 1. The van der Waals surface area contributed by atoms with Crippen molar-refractivity contribution in [1.29, 1.82) is 0 Å². The van der Waals surface area contributed by atoms with E-state index in [2.05, 4.69) is 25.2 Å². The second-order valence-electron chi connectivity index (χ2n) is 5.27. The van der Waals surface area contributed by atoms with Crippen LogP contribution in [-0.4, -0.2) is 11.2 Å². The molecule has 2 rings (SSSR count). The van der Waals surface area contributed by atoms with Crippen LogP contribution in [0.15, 0.2) is 39.8 Å². The molecule has 0 aliphatic carbocycles. The smallest absolute Gasteiger partial charge is 0.258 e. The summed E-state index contributed by atoms with van der Waals surface area (Å²) >= 11 is 1.85. The molecule has 3 N–H and O–H groups in total. The summed E-state index contributed by atoms with van der Waals surface area (Å²) in [5.74, 6) is 0.413. The molecule has 2 aromatic rings. The first-order chi connectivity index (χ1) is 10.5. The van der Waals surface area contributed by atoms with Gasteiger partial charge in [0.25, 0.3) is 5.91 Å². The largest absolute Gasteiger partial charge is 0.467 e. The third-order valence-corrected chi connectivity index (χ3v) is 4.74. The van der Waals surface area contributed by atoms with Gasteiger partial charge in [0.2, 0.25) is 0 Å². The maximum absolute atomic E-state index is 12.2. The predicted octanol–water partition coefficient (Wildman–Crippen LogP) is 4.61. The van der Waals surface area contributed by atoms with E-state index in [1.165, 1.54) is 11.2 Å². The molecule has 1 amide bonds. The fourth-order valence-corrected chi connectivity index (χ4v) is 2.99. The quantitative estimate of drug-likeness (QED) is 0.743. The van der Waals surface area contributed by atoms with Gasteiger partial charge >= 0.3 is 0 Å². The molecule has 0 radical (unpaired) electrons. The molecule has 1 heterocycles. The normalized spacial score (nSPS) is 11.7. The van der Waals surface area contributed by atoms with Crippen molar-refractivity contribution in [2.75, 3.05) is 5.32 Å². The van der Waals surface area contributed by atoms with Crippen LogP contribution in [0.2, 0.25) is 0 Å². The van der Waals surface area contributed by atoms with Crippen LogP contribution in [0.5, 0.6) is 0 Å². The number of rotatable bonds is 6. The van der Waals surface area contributed by atoms with Crippen molar-refractivity contribution in [2.24, 2.45) is 5.73 Å². The first kappa shape index (κ1) is 19.6. The molecule has 0 saturated carbocycles. The van der Waals surface area contributed by atoms with Crippen LogP contribution in [0.25, 0.3) is 0 Å². The Morgan fingerprint density at radius 1 is 1.39 bits per heavy atom. The third-order valence-electron chi connectivity index (χ3n) is 3.48. The van der Waals surface area contributed by atoms with Crippen molar-refractivity contribution in [3.63, 3.8) is 0 Å². The van der Waals surface area contributed by atoms with Crippen LogP contribution >= 0.6 is 24.2 Å². The van der Waals surface area contributed by atoms with E-state index >= 15 is 0 Å². The molecule has 0 spiro atoms. The van der Waals surface area contributed by atoms with Crippen LogP contribution in [0.3, 0.4) is 0 Å². The van der Waals surface area contributed by atoms with E-state index in [0.717, 1.165) is 17.7 Å². The van der Waals surface area contributed by atoms with E-state index in [0.29, 0.717) is 16.6 Å². The number of aryl methyl sites for hydroxylation is 1. The molecule has 4 nitrogen and oxygen atoms in total. The van der Waals surface area contributed by atoms with Crippen LogP contribution < -0.4 is 11.1 Å². The molecule has 1 aromatic heterocycles. The minimum Gasteiger partial charge on any atom is -0.467 e. The van der Waals surface area contributed by atoms with E-state index in [1.54, 1.807) is 6.07 Å². The van der Waals surface area contributed by atoms with Crippen LogP contribution in [0.1, 0.15) is 41.9 Å². The highest BCUT2D eigenvalue weighted by Gasteiger charge is 2.12. The Hall–Kier alpha value is -1.43. The first-order valence-corrected chi connectivity index (χ1v) is 8.27. The topological polar surface area (TPSA) is 68.3 Å². The fraction of sp³-hybridized carbons (Fsp3) is 0.353. The molecule has 0 aliphatic rings. The van der Waals surface area contributed by atoms with E-state index in [1.807, 2.05) is 30.8 Å². The molecule has 1 atom stereocenters. The van der Waals surface area contributed by atoms with Gasteiger partial charge in [-0.25, -0.2) is 0 Å². The molecular weight excluding hydrogens is 332 g/mol. The number of halogens is 1. The summed E-state index contributed by atoms with van der Waals surface area (Å²) in [4.78, 5) is 13.4. The lowest BCUT2D eigenvalue weighted by Crippen LogP contribution is -2.12. The maximum atomic E-state index is 12.2. The van der Waals surface area contributed by atoms with Crippen molar-refractivity contribution >= 4 is 35.8 Å². The van der Waals surface area contributed by atoms with Gasteiger partial charge in [-0.15, -0.1) is 24.2 Å². The van der Waals surface area contributed by atoms with Gasteiger partial charge in [0, 0.05) is 15.8 Å². The minimum atomic E-state index is -0.186. The van der Waals surface area contributed by atoms with Gasteiger partial charge in [-0.2, -0.15) is 0 Å². The number of thioether (sulfide) groups is 1. The van der Waals surface area contributed by atoms with E-state index in [9.17, 15) is 4.79 Å². The van der Waals surface area contributed by atoms with Crippen molar-refractivity contribution in [3.8, 4) is 0 Å². The maximum Gasteiger partial charge on any atom is 0.258 e. The van der Waals surface area contributed by atoms with E-state index in [-0.39, 0.29) is 24.9 Å². The average Bonchev–Trinajstić information content (AvgIpc) is 2.99. The SMILES string of the molecule is CCC(C)Sc1ccc(NC(=O)c2coc(CN)c2)c(C)c1.Cl.